The molecule has 2 aliphatic heterocycles. The molecular weight excluding hydrogens is 282 g/mol. The maximum Gasteiger partial charge on any atom is 0.0698 e. The summed E-state index contributed by atoms with van der Waals surface area (Å²) in [5.41, 5.74) is 0.424. The van der Waals surface area contributed by atoms with E-state index in [1.54, 1.807) is 0 Å². The monoisotopic (exact) mass is 305 g/mol. The molecule has 0 amide bonds. The van der Waals surface area contributed by atoms with Gasteiger partial charge in [0, 0.05) is 38.7 Å². The van der Waals surface area contributed by atoms with Crippen LogP contribution in [0.3, 0.4) is 0 Å². The summed E-state index contributed by atoms with van der Waals surface area (Å²) in [7, 11) is 1.84. The summed E-state index contributed by atoms with van der Waals surface area (Å²) in [5.74, 6) is 0. The number of likely N-dealkylation sites (tertiary alicyclic amines) is 1. The quantitative estimate of drug-likeness (QED) is 0.744. The van der Waals surface area contributed by atoms with Crippen LogP contribution in [0.25, 0.3) is 0 Å². The van der Waals surface area contributed by atoms with Crippen molar-refractivity contribution < 1.29 is 9.47 Å². The number of hydrogen-bond donors (Lipinski definition) is 0. The summed E-state index contributed by atoms with van der Waals surface area (Å²) in [6.07, 6.45) is 5.31. The Kier molecular flexibility index (Phi) is 5.27. The number of rotatable bonds is 4. The molecule has 2 heterocycles. The van der Waals surface area contributed by atoms with Crippen LogP contribution in [0, 0.1) is 5.41 Å². The molecule has 0 N–H and O–H groups in total. The molecule has 4 heteroatoms. The van der Waals surface area contributed by atoms with Crippen LogP contribution in [-0.4, -0.2) is 56.3 Å². The molecule has 0 saturated carbocycles. The Morgan fingerprint density at radius 2 is 2.18 bits per heavy atom. The average molecular weight is 306 g/mol. The van der Waals surface area contributed by atoms with E-state index in [9.17, 15) is 0 Å². The van der Waals surface area contributed by atoms with Gasteiger partial charge >= 0.3 is 0 Å². The van der Waals surface area contributed by atoms with Crippen molar-refractivity contribution >= 4 is 15.9 Å². The fourth-order valence-corrected chi connectivity index (χ4v) is 3.70. The van der Waals surface area contributed by atoms with Gasteiger partial charge in [0.25, 0.3) is 0 Å². The van der Waals surface area contributed by atoms with Crippen molar-refractivity contribution in [3.05, 3.63) is 0 Å². The Bertz CT molecular complexity index is 231. The number of piperidine rings is 1. The number of nitrogens with zero attached hydrogens (tertiary/aromatic N) is 1. The molecule has 3 nitrogen and oxygen atoms in total. The summed E-state index contributed by atoms with van der Waals surface area (Å²) < 4.78 is 11.0. The summed E-state index contributed by atoms with van der Waals surface area (Å²) in [4.78, 5) is 2.59. The molecule has 2 fully saturated rings. The second-order valence-corrected chi connectivity index (χ2v) is 6.04. The molecular formula is C13H24BrNO2. The van der Waals surface area contributed by atoms with Crippen molar-refractivity contribution in [1.82, 2.24) is 4.90 Å². The SMILES string of the molecule is COC1CCCN(CC2(CBr)CCOCC2)C1. The summed E-state index contributed by atoms with van der Waals surface area (Å²) in [6.45, 7) is 5.38. The lowest BCUT2D eigenvalue weighted by molar-refractivity contribution is -0.0182. The minimum absolute atomic E-state index is 0.424. The van der Waals surface area contributed by atoms with E-state index in [0.29, 0.717) is 11.5 Å². The van der Waals surface area contributed by atoms with Gasteiger partial charge in [0.05, 0.1) is 6.10 Å². The van der Waals surface area contributed by atoms with Gasteiger partial charge in [-0.3, -0.25) is 0 Å². The van der Waals surface area contributed by atoms with Crippen LogP contribution in [0.2, 0.25) is 0 Å². The Hall–Kier alpha value is 0.360. The number of hydrogen-bond acceptors (Lipinski definition) is 3. The first-order valence-corrected chi connectivity index (χ1v) is 7.79. The van der Waals surface area contributed by atoms with Crippen molar-refractivity contribution in [2.24, 2.45) is 5.41 Å². The Labute approximate surface area is 113 Å². The highest BCUT2D eigenvalue weighted by Crippen LogP contribution is 2.34. The average Bonchev–Trinajstić information content (AvgIpc) is 2.40. The van der Waals surface area contributed by atoms with Crippen molar-refractivity contribution in [2.75, 3.05) is 45.3 Å². The first kappa shape index (κ1) is 13.8. The smallest absolute Gasteiger partial charge is 0.0698 e. The second-order valence-electron chi connectivity index (χ2n) is 5.48. The van der Waals surface area contributed by atoms with Gasteiger partial charge in [-0.25, -0.2) is 0 Å². The zero-order chi connectivity index (χ0) is 12.1. The van der Waals surface area contributed by atoms with Crippen molar-refractivity contribution in [1.29, 1.82) is 0 Å². The molecule has 0 aromatic heterocycles. The highest BCUT2D eigenvalue weighted by Gasteiger charge is 2.34. The van der Waals surface area contributed by atoms with Gasteiger partial charge in [-0.2, -0.15) is 0 Å². The highest BCUT2D eigenvalue weighted by molar-refractivity contribution is 9.09. The fourth-order valence-electron chi connectivity index (χ4n) is 2.96. The third-order valence-electron chi connectivity index (χ3n) is 4.19. The van der Waals surface area contributed by atoms with E-state index in [0.717, 1.165) is 25.1 Å². The van der Waals surface area contributed by atoms with E-state index >= 15 is 0 Å². The van der Waals surface area contributed by atoms with Crippen molar-refractivity contribution in [3.8, 4) is 0 Å². The summed E-state index contributed by atoms with van der Waals surface area (Å²) in [5, 5.41) is 1.09. The van der Waals surface area contributed by atoms with Crippen LogP contribution < -0.4 is 0 Å². The maximum absolute atomic E-state index is 5.50. The standard InChI is InChI=1S/C13H24BrNO2/c1-16-12-3-2-6-15(9-12)11-13(10-14)4-7-17-8-5-13/h12H,2-11H2,1H3. The van der Waals surface area contributed by atoms with E-state index < -0.39 is 0 Å². The Morgan fingerprint density at radius 3 is 2.82 bits per heavy atom. The zero-order valence-electron chi connectivity index (χ0n) is 10.8. The van der Waals surface area contributed by atoms with Crippen molar-refractivity contribution in [3.63, 3.8) is 0 Å². The summed E-state index contributed by atoms with van der Waals surface area (Å²) in [6, 6.07) is 0. The van der Waals surface area contributed by atoms with E-state index in [-0.39, 0.29) is 0 Å². The Morgan fingerprint density at radius 1 is 1.41 bits per heavy atom. The van der Waals surface area contributed by atoms with Crippen LogP contribution in [0.4, 0.5) is 0 Å². The van der Waals surface area contributed by atoms with Gasteiger partial charge in [-0.1, -0.05) is 15.9 Å². The lowest BCUT2D eigenvalue weighted by atomic mass is 9.81. The summed E-state index contributed by atoms with van der Waals surface area (Å²) >= 11 is 3.71. The van der Waals surface area contributed by atoms with Gasteiger partial charge < -0.3 is 14.4 Å². The van der Waals surface area contributed by atoms with Gasteiger partial charge in [0.1, 0.15) is 0 Å². The molecule has 1 unspecified atom stereocenters. The van der Waals surface area contributed by atoms with E-state index in [4.69, 9.17) is 9.47 Å². The van der Waals surface area contributed by atoms with Crippen LogP contribution in [0.5, 0.6) is 0 Å². The molecule has 0 spiro atoms. The maximum atomic E-state index is 5.50. The van der Waals surface area contributed by atoms with Gasteiger partial charge in [0.2, 0.25) is 0 Å². The minimum Gasteiger partial charge on any atom is -0.381 e. The fraction of sp³-hybridized carbons (Fsp3) is 1.00. The van der Waals surface area contributed by atoms with Crippen LogP contribution in [-0.2, 0) is 9.47 Å². The predicted octanol–water partition coefficient (Wildman–Crippen LogP) is 2.29. The lowest BCUT2D eigenvalue weighted by Crippen LogP contribution is -2.47. The molecule has 0 aromatic carbocycles. The van der Waals surface area contributed by atoms with Gasteiger partial charge in [-0.15, -0.1) is 0 Å². The number of ether oxygens (including phenoxy) is 2. The van der Waals surface area contributed by atoms with Crippen LogP contribution >= 0.6 is 15.9 Å². The zero-order valence-corrected chi connectivity index (χ0v) is 12.4. The predicted molar refractivity (Wildman–Crippen MR) is 72.8 cm³/mol. The topological polar surface area (TPSA) is 21.7 Å². The van der Waals surface area contributed by atoms with Gasteiger partial charge in [-0.05, 0) is 37.6 Å². The molecule has 2 rings (SSSR count). The Balaban J connectivity index is 1.88. The normalized spacial score (nSPS) is 30.4. The first-order valence-electron chi connectivity index (χ1n) is 6.67. The second kappa shape index (κ2) is 6.50. The number of alkyl halides is 1. The van der Waals surface area contributed by atoms with Gasteiger partial charge in [0.15, 0.2) is 0 Å². The molecule has 17 heavy (non-hydrogen) atoms. The third-order valence-corrected chi connectivity index (χ3v) is 5.38. The molecule has 2 saturated heterocycles. The molecule has 0 bridgehead atoms. The largest absolute Gasteiger partial charge is 0.381 e. The molecule has 0 aliphatic carbocycles. The number of halogens is 1. The lowest BCUT2D eigenvalue weighted by Gasteiger charge is -2.42. The molecule has 2 aliphatic rings. The van der Waals surface area contributed by atoms with Crippen LogP contribution in [0.1, 0.15) is 25.7 Å². The minimum atomic E-state index is 0.424. The van der Waals surface area contributed by atoms with E-state index in [1.165, 1.54) is 38.8 Å². The van der Waals surface area contributed by atoms with Crippen molar-refractivity contribution in [2.45, 2.75) is 31.8 Å². The molecule has 1 atom stereocenters. The first-order chi connectivity index (χ1) is 8.28. The van der Waals surface area contributed by atoms with E-state index in [2.05, 4.69) is 20.8 Å². The third kappa shape index (κ3) is 3.66. The molecule has 100 valence electrons. The van der Waals surface area contributed by atoms with E-state index in [1.807, 2.05) is 7.11 Å². The molecule has 0 radical (unpaired) electrons. The number of methoxy groups -OCH3 is 1. The van der Waals surface area contributed by atoms with Crippen LogP contribution in [0.15, 0.2) is 0 Å². The highest BCUT2D eigenvalue weighted by atomic mass is 79.9. The molecule has 0 aromatic rings.